The summed E-state index contributed by atoms with van der Waals surface area (Å²) < 4.78 is 4.99. The molecule has 2 heterocycles. The summed E-state index contributed by atoms with van der Waals surface area (Å²) in [6.45, 7) is 4.43. The Bertz CT molecular complexity index is 480. The standard InChI is InChI=1S/C14H21N3O4/c1-11(13(18)19)16-4-6-17(7-5-16)14(20)15(2)9-12-3-8-21-10-12/h3,8,10-11H,4-7,9H2,1-2H3,(H,18,19). The lowest BCUT2D eigenvalue weighted by atomic mass is 10.2. The van der Waals surface area contributed by atoms with Crippen molar-refractivity contribution in [3.63, 3.8) is 0 Å². The first-order valence-electron chi connectivity index (χ1n) is 6.97. The topological polar surface area (TPSA) is 77.2 Å². The molecule has 1 aromatic rings. The molecule has 1 N–H and O–H groups in total. The third-order valence-corrected chi connectivity index (χ3v) is 3.82. The van der Waals surface area contributed by atoms with E-state index in [2.05, 4.69) is 0 Å². The molecule has 7 heteroatoms. The summed E-state index contributed by atoms with van der Waals surface area (Å²) in [5, 5.41) is 9.00. The smallest absolute Gasteiger partial charge is 0.320 e. The normalized spacial score (nSPS) is 17.5. The summed E-state index contributed by atoms with van der Waals surface area (Å²) in [5.74, 6) is -0.827. The van der Waals surface area contributed by atoms with Crippen molar-refractivity contribution < 1.29 is 19.1 Å². The van der Waals surface area contributed by atoms with Crippen LogP contribution in [0.2, 0.25) is 0 Å². The Kier molecular flexibility index (Phi) is 4.85. The molecule has 1 aromatic heterocycles. The van der Waals surface area contributed by atoms with E-state index >= 15 is 0 Å². The Labute approximate surface area is 123 Å². The van der Waals surface area contributed by atoms with E-state index in [0.717, 1.165) is 5.56 Å². The minimum Gasteiger partial charge on any atom is -0.480 e. The van der Waals surface area contributed by atoms with Crippen molar-refractivity contribution in [2.75, 3.05) is 33.2 Å². The van der Waals surface area contributed by atoms with Gasteiger partial charge in [-0.1, -0.05) is 0 Å². The Morgan fingerprint density at radius 3 is 2.57 bits per heavy atom. The van der Waals surface area contributed by atoms with Crippen LogP contribution in [0, 0.1) is 0 Å². The summed E-state index contributed by atoms with van der Waals surface area (Å²) in [4.78, 5) is 28.6. The van der Waals surface area contributed by atoms with Gasteiger partial charge in [0.15, 0.2) is 0 Å². The van der Waals surface area contributed by atoms with E-state index in [1.54, 1.807) is 36.3 Å². The molecule has 0 aromatic carbocycles. The zero-order valence-electron chi connectivity index (χ0n) is 12.4. The molecular weight excluding hydrogens is 274 g/mol. The van der Waals surface area contributed by atoms with Crippen molar-refractivity contribution in [1.29, 1.82) is 0 Å². The van der Waals surface area contributed by atoms with E-state index in [-0.39, 0.29) is 6.03 Å². The maximum Gasteiger partial charge on any atom is 0.320 e. The van der Waals surface area contributed by atoms with Gasteiger partial charge in [-0.2, -0.15) is 0 Å². The van der Waals surface area contributed by atoms with Gasteiger partial charge >= 0.3 is 12.0 Å². The first kappa shape index (κ1) is 15.4. The maximum atomic E-state index is 12.3. The quantitative estimate of drug-likeness (QED) is 0.894. The summed E-state index contributed by atoms with van der Waals surface area (Å²) in [6.07, 6.45) is 3.20. The van der Waals surface area contributed by atoms with Gasteiger partial charge in [0, 0.05) is 38.8 Å². The molecule has 0 spiro atoms. The molecule has 0 aliphatic carbocycles. The predicted octanol–water partition coefficient (Wildman–Crippen LogP) is 0.922. The van der Waals surface area contributed by atoms with Gasteiger partial charge in [-0.3, -0.25) is 9.69 Å². The average molecular weight is 295 g/mol. The Hall–Kier alpha value is -2.02. The SMILES string of the molecule is CC(C(=O)O)N1CCN(C(=O)N(C)Cc2ccoc2)CC1. The fourth-order valence-corrected chi connectivity index (χ4v) is 2.42. The highest BCUT2D eigenvalue weighted by atomic mass is 16.4. The number of carbonyl (C=O) groups excluding carboxylic acids is 1. The van der Waals surface area contributed by atoms with Gasteiger partial charge in [-0.25, -0.2) is 4.79 Å². The molecule has 0 radical (unpaired) electrons. The van der Waals surface area contributed by atoms with Crippen molar-refractivity contribution in [2.45, 2.75) is 19.5 Å². The second kappa shape index (κ2) is 6.62. The van der Waals surface area contributed by atoms with Crippen LogP contribution < -0.4 is 0 Å². The maximum absolute atomic E-state index is 12.3. The van der Waals surface area contributed by atoms with Crippen LogP contribution in [0.5, 0.6) is 0 Å². The fraction of sp³-hybridized carbons (Fsp3) is 0.571. The third-order valence-electron chi connectivity index (χ3n) is 3.82. The number of carbonyl (C=O) groups is 2. The number of urea groups is 1. The molecule has 1 fully saturated rings. The average Bonchev–Trinajstić information content (AvgIpc) is 2.98. The zero-order chi connectivity index (χ0) is 15.4. The number of nitrogens with zero attached hydrogens (tertiary/aromatic N) is 3. The van der Waals surface area contributed by atoms with E-state index in [9.17, 15) is 9.59 Å². The molecule has 1 aliphatic rings. The molecule has 1 aliphatic heterocycles. The number of hydrogen-bond acceptors (Lipinski definition) is 4. The highest BCUT2D eigenvalue weighted by molar-refractivity contribution is 5.75. The van der Waals surface area contributed by atoms with E-state index in [1.807, 2.05) is 11.0 Å². The van der Waals surface area contributed by atoms with Crippen molar-refractivity contribution in [2.24, 2.45) is 0 Å². The summed E-state index contributed by atoms with van der Waals surface area (Å²) in [6, 6.07) is 1.28. The minimum atomic E-state index is -0.827. The van der Waals surface area contributed by atoms with Crippen molar-refractivity contribution in [3.05, 3.63) is 24.2 Å². The second-order valence-corrected chi connectivity index (χ2v) is 5.31. The molecule has 0 bridgehead atoms. The van der Waals surface area contributed by atoms with E-state index in [0.29, 0.717) is 32.7 Å². The van der Waals surface area contributed by atoms with Crippen LogP contribution >= 0.6 is 0 Å². The van der Waals surface area contributed by atoms with Gasteiger partial charge in [-0.05, 0) is 13.0 Å². The molecule has 7 nitrogen and oxygen atoms in total. The first-order valence-corrected chi connectivity index (χ1v) is 6.97. The number of piperazine rings is 1. The number of carboxylic acids is 1. The first-order chi connectivity index (χ1) is 9.99. The second-order valence-electron chi connectivity index (χ2n) is 5.31. The number of carboxylic acid groups (broad SMARTS) is 1. The summed E-state index contributed by atoms with van der Waals surface area (Å²) in [7, 11) is 1.75. The van der Waals surface area contributed by atoms with Crippen molar-refractivity contribution in [3.8, 4) is 0 Å². The molecule has 21 heavy (non-hydrogen) atoms. The Balaban J connectivity index is 1.84. The van der Waals surface area contributed by atoms with Crippen LogP contribution in [0.15, 0.2) is 23.0 Å². The van der Waals surface area contributed by atoms with E-state index < -0.39 is 12.0 Å². The van der Waals surface area contributed by atoms with Gasteiger partial charge in [0.2, 0.25) is 0 Å². The number of rotatable bonds is 4. The highest BCUT2D eigenvalue weighted by Gasteiger charge is 2.28. The lowest BCUT2D eigenvalue weighted by molar-refractivity contribution is -0.143. The van der Waals surface area contributed by atoms with Gasteiger partial charge in [-0.15, -0.1) is 0 Å². The zero-order valence-corrected chi connectivity index (χ0v) is 12.4. The summed E-state index contributed by atoms with van der Waals surface area (Å²) >= 11 is 0. The summed E-state index contributed by atoms with van der Waals surface area (Å²) in [5.41, 5.74) is 0.948. The molecule has 116 valence electrons. The molecule has 1 atom stereocenters. The van der Waals surface area contributed by atoms with E-state index in [1.165, 1.54) is 0 Å². The van der Waals surface area contributed by atoms with Crippen LogP contribution in [0.25, 0.3) is 0 Å². The third kappa shape index (κ3) is 3.75. The monoisotopic (exact) mass is 295 g/mol. The molecular formula is C14H21N3O4. The number of hydrogen-bond donors (Lipinski definition) is 1. The van der Waals surface area contributed by atoms with Crippen molar-refractivity contribution in [1.82, 2.24) is 14.7 Å². The van der Waals surface area contributed by atoms with Gasteiger partial charge in [0.05, 0.1) is 19.1 Å². The molecule has 1 saturated heterocycles. The predicted molar refractivity (Wildman–Crippen MR) is 75.8 cm³/mol. The van der Waals surface area contributed by atoms with Gasteiger partial charge in [0.1, 0.15) is 6.04 Å². The number of aliphatic carboxylic acids is 1. The van der Waals surface area contributed by atoms with Crippen molar-refractivity contribution >= 4 is 12.0 Å². The largest absolute Gasteiger partial charge is 0.480 e. The van der Waals surface area contributed by atoms with Crippen LogP contribution in [-0.4, -0.2) is 71.1 Å². The molecule has 2 amide bonds. The molecule has 2 rings (SSSR count). The Morgan fingerprint density at radius 1 is 1.38 bits per heavy atom. The van der Waals surface area contributed by atoms with Crippen LogP contribution in [0.4, 0.5) is 4.79 Å². The molecule has 1 unspecified atom stereocenters. The van der Waals surface area contributed by atoms with E-state index in [4.69, 9.17) is 9.52 Å². The van der Waals surface area contributed by atoms with Crippen LogP contribution in [0.3, 0.4) is 0 Å². The number of amides is 2. The lowest BCUT2D eigenvalue weighted by Gasteiger charge is -2.38. The van der Waals surface area contributed by atoms with Gasteiger partial charge in [0.25, 0.3) is 0 Å². The molecule has 0 saturated carbocycles. The fourth-order valence-electron chi connectivity index (χ4n) is 2.42. The minimum absolute atomic E-state index is 0.0428. The van der Waals surface area contributed by atoms with Crippen LogP contribution in [0.1, 0.15) is 12.5 Å². The van der Waals surface area contributed by atoms with Gasteiger partial charge < -0.3 is 19.3 Å². The lowest BCUT2D eigenvalue weighted by Crippen LogP contribution is -2.55. The Morgan fingerprint density at radius 2 is 2.05 bits per heavy atom. The van der Waals surface area contributed by atoms with Crippen LogP contribution in [-0.2, 0) is 11.3 Å². The number of furan rings is 1. The highest BCUT2D eigenvalue weighted by Crippen LogP contribution is 2.11.